The van der Waals surface area contributed by atoms with Crippen LogP contribution in [0.1, 0.15) is 60.5 Å². The van der Waals surface area contributed by atoms with Gasteiger partial charge in [-0.25, -0.2) is 0 Å². The smallest absolute Gasteiger partial charge is 0.252 e. The number of hydrogen-bond donors (Lipinski definition) is 1. The standard InChI is InChI=1S/C18H24N2O/c1-4-15-5-7-18(12-19,8-6-15)20-17(21)16-10-13(2)9-14(3)11-16/h9-11,15H,4-8H2,1-3H3,(H,20,21). The molecule has 1 amide bonds. The van der Waals surface area contributed by atoms with E-state index < -0.39 is 5.54 Å². The third-order valence-electron chi connectivity index (χ3n) is 4.59. The van der Waals surface area contributed by atoms with Crippen molar-refractivity contribution in [2.24, 2.45) is 5.92 Å². The number of carbonyl (C=O) groups is 1. The summed E-state index contributed by atoms with van der Waals surface area (Å²) in [6.07, 6.45) is 4.73. The number of nitriles is 1. The number of aryl methyl sites for hydroxylation is 2. The second-order valence-corrected chi connectivity index (χ2v) is 6.38. The molecule has 0 atom stereocenters. The molecular weight excluding hydrogens is 260 g/mol. The summed E-state index contributed by atoms with van der Waals surface area (Å²) in [4.78, 5) is 12.5. The van der Waals surface area contributed by atoms with Gasteiger partial charge in [-0.15, -0.1) is 0 Å². The molecule has 0 saturated heterocycles. The minimum Gasteiger partial charge on any atom is -0.334 e. The Morgan fingerprint density at radius 2 is 1.86 bits per heavy atom. The molecule has 1 aliphatic rings. The number of nitrogens with one attached hydrogen (secondary N) is 1. The highest BCUT2D eigenvalue weighted by atomic mass is 16.1. The lowest BCUT2D eigenvalue weighted by atomic mass is 9.76. The Kier molecular flexibility index (Phi) is 4.67. The quantitative estimate of drug-likeness (QED) is 0.915. The Balaban J connectivity index is 2.12. The fraction of sp³-hybridized carbons (Fsp3) is 0.556. The van der Waals surface area contributed by atoms with E-state index in [9.17, 15) is 10.1 Å². The van der Waals surface area contributed by atoms with Crippen molar-refractivity contribution in [3.05, 3.63) is 34.9 Å². The number of rotatable bonds is 3. The van der Waals surface area contributed by atoms with Crippen LogP contribution in [0.4, 0.5) is 0 Å². The van der Waals surface area contributed by atoms with Crippen LogP contribution in [-0.4, -0.2) is 11.4 Å². The lowest BCUT2D eigenvalue weighted by Crippen LogP contribution is -2.49. The van der Waals surface area contributed by atoms with E-state index in [-0.39, 0.29) is 5.91 Å². The molecule has 1 aliphatic carbocycles. The molecule has 0 aliphatic heterocycles. The molecule has 1 fully saturated rings. The summed E-state index contributed by atoms with van der Waals surface area (Å²) in [5.74, 6) is 0.572. The normalized spacial score (nSPS) is 25.1. The Labute approximate surface area is 127 Å². The molecule has 2 rings (SSSR count). The Morgan fingerprint density at radius 1 is 1.29 bits per heavy atom. The molecule has 0 unspecified atom stereocenters. The van der Waals surface area contributed by atoms with Crippen LogP contribution in [0.15, 0.2) is 18.2 Å². The van der Waals surface area contributed by atoms with Gasteiger partial charge in [-0.2, -0.15) is 5.26 Å². The number of carbonyl (C=O) groups excluding carboxylic acids is 1. The molecule has 0 spiro atoms. The fourth-order valence-electron chi connectivity index (χ4n) is 3.24. The predicted octanol–water partition coefficient (Wildman–Crippen LogP) is 3.90. The van der Waals surface area contributed by atoms with Crippen LogP contribution in [0.25, 0.3) is 0 Å². The maximum Gasteiger partial charge on any atom is 0.252 e. The Bertz CT molecular complexity index is 543. The minimum absolute atomic E-state index is 0.127. The summed E-state index contributed by atoms with van der Waals surface area (Å²) >= 11 is 0. The molecule has 21 heavy (non-hydrogen) atoms. The molecule has 1 N–H and O–H groups in total. The lowest BCUT2D eigenvalue weighted by molar-refractivity contribution is 0.0891. The van der Waals surface area contributed by atoms with E-state index in [4.69, 9.17) is 0 Å². The number of benzene rings is 1. The van der Waals surface area contributed by atoms with Gasteiger partial charge in [0.05, 0.1) is 6.07 Å². The maximum atomic E-state index is 12.5. The van der Waals surface area contributed by atoms with E-state index in [1.165, 1.54) is 0 Å². The molecule has 3 heteroatoms. The monoisotopic (exact) mass is 284 g/mol. The first kappa shape index (κ1) is 15.6. The molecule has 0 bridgehead atoms. The zero-order chi connectivity index (χ0) is 15.5. The lowest BCUT2D eigenvalue weighted by Gasteiger charge is -2.35. The van der Waals surface area contributed by atoms with E-state index >= 15 is 0 Å². The van der Waals surface area contributed by atoms with Crippen molar-refractivity contribution in [1.82, 2.24) is 5.32 Å². The molecule has 112 valence electrons. The van der Waals surface area contributed by atoms with Gasteiger partial charge in [0, 0.05) is 5.56 Å². The predicted molar refractivity (Wildman–Crippen MR) is 84.0 cm³/mol. The molecule has 0 aromatic heterocycles. The van der Waals surface area contributed by atoms with Gasteiger partial charge in [0.1, 0.15) is 5.54 Å². The van der Waals surface area contributed by atoms with Crippen LogP contribution in [0, 0.1) is 31.1 Å². The second-order valence-electron chi connectivity index (χ2n) is 6.38. The van der Waals surface area contributed by atoms with Gasteiger partial charge in [0.15, 0.2) is 0 Å². The van der Waals surface area contributed by atoms with Gasteiger partial charge in [-0.3, -0.25) is 4.79 Å². The first-order valence-corrected chi connectivity index (χ1v) is 7.80. The van der Waals surface area contributed by atoms with Gasteiger partial charge in [0.2, 0.25) is 0 Å². The van der Waals surface area contributed by atoms with Crippen molar-refractivity contribution in [3.8, 4) is 6.07 Å². The summed E-state index contributed by atoms with van der Waals surface area (Å²) in [7, 11) is 0. The van der Waals surface area contributed by atoms with E-state index in [0.717, 1.165) is 43.2 Å². The molecular formula is C18H24N2O. The highest BCUT2D eigenvalue weighted by Gasteiger charge is 2.36. The van der Waals surface area contributed by atoms with Crippen molar-refractivity contribution < 1.29 is 4.79 Å². The first-order valence-electron chi connectivity index (χ1n) is 7.80. The molecule has 1 aromatic rings. The topological polar surface area (TPSA) is 52.9 Å². The molecule has 1 saturated carbocycles. The summed E-state index contributed by atoms with van der Waals surface area (Å²) in [6, 6.07) is 8.17. The van der Waals surface area contributed by atoms with Crippen LogP contribution in [-0.2, 0) is 0 Å². The third kappa shape index (κ3) is 3.64. The van der Waals surface area contributed by atoms with Crippen LogP contribution in [0.5, 0.6) is 0 Å². The van der Waals surface area contributed by atoms with Gasteiger partial charge in [-0.1, -0.05) is 30.5 Å². The van der Waals surface area contributed by atoms with Crippen molar-refractivity contribution in [2.45, 2.75) is 58.4 Å². The molecule has 0 radical (unpaired) electrons. The average Bonchev–Trinajstić information content (AvgIpc) is 2.47. The maximum absolute atomic E-state index is 12.5. The van der Waals surface area contributed by atoms with Gasteiger partial charge >= 0.3 is 0 Å². The van der Waals surface area contributed by atoms with E-state index in [1.54, 1.807) is 0 Å². The highest BCUT2D eigenvalue weighted by Crippen LogP contribution is 2.33. The van der Waals surface area contributed by atoms with Crippen molar-refractivity contribution in [2.75, 3.05) is 0 Å². The van der Waals surface area contributed by atoms with Gasteiger partial charge < -0.3 is 5.32 Å². The zero-order valence-corrected chi connectivity index (χ0v) is 13.2. The van der Waals surface area contributed by atoms with Gasteiger partial charge in [-0.05, 0) is 57.6 Å². The van der Waals surface area contributed by atoms with Crippen molar-refractivity contribution in [3.63, 3.8) is 0 Å². The zero-order valence-electron chi connectivity index (χ0n) is 13.2. The van der Waals surface area contributed by atoms with E-state index in [0.29, 0.717) is 11.5 Å². The van der Waals surface area contributed by atoms with E-state index in [1.807, 2.05) is 32.0 Å². The highest BCUT2D eigenvalue weighted by molar-refractivity contribution is 5.95. The minimum atomic E-state index is -0.680. The largest absolute Gasteiger partial charge is 0.334 e. The van der Waals surface area contributed by atoms with Crippen LogP contribution >= 0.6 is 0 Å². The van der Waals surface area contributed by atoms with E-state index in [2.05, 4.69) is 18.3 Å². The number of hydrogen-bond acceptors (Lipinski definition) is 2. The Hall–Kier alpha value is -1.82. The van der Waals surface area contributed by atoms with Crippen molar-refractivity contribution >= 4 is 5.91 Å². The third-order valence-corrected chi connectivity index (χ3v) is 4.59. The molecule has 1 aromatic carbocycles. The Morgan fingerprint density at radius 3 is 2.33 bits per heavy atom. The fourth-order valence-corrected chi connectivity index (χ4v) is 3.24. The summed E-state index contributed by atoms with van der Waals surface area (Å²) in [5, 5.41) is 12.5. The summed E-state index contributed by atoms with van der Waals surface area (Å²) in [6.45, 7) is 6.16. The molecule has 0 heterocycles. The summed E-state index contributed by atoms with van der Waals surface area (Å²) in [5.41, 5.74) is 2.11. The number of nitrogens with zero attached hydrogens (tertiary/aromatic N) is 1. The van der Waals surface area contributed by atoms with Crippen LogP contribution < -0.4 is 5.32 Å². The van der Waals surface area contributed by atoms with Crippen LogP contribution in [0.2, 0.25) is 0 Å². The number of amides is 1. The summed E-state index contributed by atoms with van der Waals surface area (Å²) < 4.78 is 0. The average molecular weight is 284 g/mol. The SMILES string of the molecule is CCC1CCC(C#N)(NC(=O)c2cc(C)cc(C)c2)CC1. The first-order chi connectivity index (χ1) is 9.98. The van der Waals surface area contributed by atoms with Gasteiger partial charge in [0.25, 0.3) is 5.91 Å². The second kappa shape index (κ2) is 6.30. The van der Waals surface area contributed by atoms with Crippen molar-refractivity contribution in [1.29, 1.82) is 5.26 Å². The van der Waals surface area contributed by atoms with Crippen LogP contribution in [0.3, 0.4) is 0 Å². The molecule has 3 nitrogen and oxygen atoms in total.